The molecule has 1 N–H and O–H groups in total. The van der Waals surface area contributed by atoms with Crippen molar-refractivity contribution in [2.45, 2.75) is 27.7 Å². The molecule has 2 aliphatic rings. The van der Waals surface area contributed by atoms with Crippen molar-refractivity contribution in [1.29, 1.82) is 0 Å². The Morgan fingerprint density at radius 1 is 1.14 bits per heavy atom. The summed E-state index contributed by atoms with van der Waals surface area (Å²) in [6.45, 7) is 7.31. The van der Waals surface area contributed by atoms with Gasteiger partial charge < -0.3 is 5.11 Å². The minimum absolute atomic E-state index is 0.00769. The summed E-state index contributed by atoms with van der Waals surface area (Å²) in [4.78, 5) is 37.5. The molecule has 1 aliphatic heterocycles. The first kappa shape index (κ1) is 13.8. The SMILES string of the molecule is Cc1cc(C)c(N2C(=O)C3C(C2=O)C3(C)C)c(C(=O)O)c1. The molecule has 0 spiro atoms. The number of benzene rings is 1. The Balaban J connectivity index is 2.13. The van der Waals surface area contributed by atoms with Crippen LogP contribution in [-0.2, 0) is 9.59 Å². The van der Waals surface area contributed by atoms with Crippen molar-refractivity contribution in [2.75, 3.05) is 4.90 Å². The Hall–Kier alpha value is -2.17. The molecule has 0 bridgehead atoms. The van der Waals surface area contributed by atoms with Gasteiger partial charge in [-0.2, -0.15) is 0 Å². The predicted molar refractivity (Wildman–Crippen MR) is 76.1 cm³/mol. The van der Waals surface area contributed by atoms with Gasteiger partial charge in [0.05, 0.1) is 23.1 Å². The highest BCUT2D eigenvalue weighted by atomic mass is 16.4. The third kappa shape index (κ3) is 1.66. The van der Waals surface area contributed by atoms with Crippen molar-refractivity contribution in [1.82, 2.24) is 0 Å². The molecule has 1 saturated carbocycles. The van der Waals surface area contributed by atoms with Crippen LogP contribution in [0.1, 0.15) is 35.3 Å². The average molecular weight is 287 g/mol. The molecule has 1 aliphatic carbocycles. The summed E-state index contributed by atoms with van der Waals surface area (Å²) < 4.78 is 0. The zero-order valence-corrected chi connectivity index (χ0v) is 12.4. The number of carbonyl (C=O) groups is 3. The zero-order valence-electron chi connectivity index (χ0n) is 12.4. The number of nitrogens with zero attached hydrogens (tertiary/aromatic N) is 1. The Labute approximate surface area is 122 Å². The van der Waals surface area contributed by atoms with Crippen molar-refractivity contribution in [3.8, 4) is 0 Å². The predicted octanol–water partition coefficient (Wildman–Crippen LogP) is 2.15. The molecule has 5 nitrogen and oxygen atoms in total. The summed E-state index contributed by atoms with van der Waals surface area (Å²) in [7, 11) is 0. The number of carbonyl (C=O) groups excluding carboxylic acids is 2. The summed E-state index contributed by atoms with van der Waals surface area (Å²) in [5, 5.41) is 9.38. The second-order valence-corrected chi connectivity index (χ2v) is 6.57. The van der Waals surface area contributed by atoms with Crippen LogP contribution in [0.25, 0.3) is 0 Å². The number of rotatable bonds is 2. The molecule has 2 unspecified atom stereocenters. The third-order valence-electron chi connectivity index (χ3n) is 4.70. The molecular weight excluding hydrogens is 270 g/mol. The molecule has 0 aromatic heterocycles. The lowest BCUT2D eigenvalue weighted by atomic mass is 10.0. The molecule has 1 aromatic carbocycles. The van der Waals surface area contributed by atoms with Crippen molar-refractivity contribution in [2.24, 2.45) is 17.3 Å². The zero-order chi connectivity index (χ0) is 15.7. The second kappa shape index (κ2) is 3.93. The van der Waals surface area contributed by atoms with Crippen LogP contribution in [0.3, 0.4) is 0 Å². The van der Waals surface area contributed by atoms with Crippen LogP contribution in [-0.4, -0.2) is 22.9 Å². The first-order valence-corrected chi connectivity index (χ1v) is 6.90. The fourth-order valence-corrected chi connectivity index (χ4v) is 3.59. The Kier molecular flexibility index (Phi) is 2.58. The summed E-state index contributed by atoms with van der Waals surface area (Å²) in [6.07, 6.45) is 0. The van der Waals surface area contributed by atoms with Gasteiger partial charge in [-0.25, -0.2) is 9.69 Å². The number of piperidine rings is 1. The number of amides is 2. The second-order valence-electron chi connectivity index (χ2n) is 6.57. The maximum absolute atomic E-state index is 12.5. The van der Waals surface area contributed by atoms with Crippen molar-refractivity contribution in [3.05, 3.63) is 28.8 Å². The van der Waals surface area contributed by atoms with E-state index < -0.39 is 5.97 Å². The van der Waals surface area contributed by atoms with Crippen LogP contribution >= 0.6 is 0 Å². The van der Waals surface area contributed by atoms with E-state index in [9.17, 15) is 19.5 Å². The number of aryl methyl sites for hydroxylation is 2. The number of imide groups is 1. The van der Waals surface area contributed by atoms with Crippen LogP contribution in [0.5, 0.6) is 0 Å². The van der Waals surface area contributed by atoms with E-state index in [1.807, 2.05) is 13.8 Å². The Morgan fingerprint density at radius 3 is 2.14 bits per heavy atom. The molecular formula is C16H17NO4. The van der Waals surface area contributed by atoms with Gasteiger partial charge in [0.2, 0.25) is 11.8 Å². The molecule has 2 fully saturated rings. The standard InChI is InChI=1S/C16H17NO4/c1-7-5-8(2)12(9(6-7)15(20)21)17-13(18)10-11(14(17)19)16(10,3)4/h5-6,10-11H,1-4H3,(H,20,21). The third-order valence-corrected chi connectivity index (χ3v) is 4.70. The summed E-state index contributed by atoms with van der Waals surface area (Å²) in [5.74, 6) is -2.30. The van der Waals surface area contributed by atoms with Crippen molar-refractivity contribution < 1.29 is 19.5 Å². The monoisotopic (exact) mass is 287 g/mol. The maximum Gasteiger partial charge on any atom is 0.337 e. The minimum atomic E-state index is -1.13. The first-order valence-electron chi connectivity index (χ1n) is 6.90. The first-order chi connectivity index (χ1) is 9.67. The lowest BCUT2D eigenvalue weighted by Crippen LogP contribution is -2.37. The van der Waals surface area contributed by atoms with Crippen LogP contribution in [0.4, 0.5) is 5.69 Å². The van der Waals surface area contributed by atoms with Crippen molar-refractivity contribution in [3.63, 3.8) is 0 Å². The molecule has 2 amide bonds. The summed E-state index contributed by atoms with van der Waals surface area (Å²) >= 11 is 0. The summed E-state index contributed by atoms with van der Waals surface area (Å²) in [5.41, 5.74) is 1.36. The molecule has 110 valence electrons. The number of fused-ring (bicyclic) bond motifs is 1. The van der Waals surface area contributed by atoms with Crippen LogP contribution in [0.2, 0.25) is 0 Å². The van der Waals surface area contributed by atoms with Gasteiger partial charge in [0.1, 0.15) is 0 Å². The highest BCUT2D eigenvalue weighted by Crippen LogP contribution is 2.64. The lowest BCUT2D eigenvalue weighted by Gasteiger charge is -2.24. The molecule has 5 heteroatoms. The normalized spacial score (nSPS) is 26.0. The molecule has 21 heavy (non-hydrogen) atoms. The van der Waals surface area contributed by atoms with E-state index in [1.54, 1.807) is 19.9 Å². The van der Waals surface area contributed by atoms with E-state index in [0.29, 0.717) is 5.56 Å². The number of hydrogen-bond donors (Lipinski definition) is 1. The van der Waals surface area contributed by atoms with Crippen LogP contribution in [0.15, 0.2) is 12.1 Å². The molecule has 1 saturated heterocycles. The van der Waals surface area contributed by atoms with Gasteiger partial charge in [-0.1, -0.05) is 19.9 Å². The largest absolute Gasteiger partial charge is 0.478 e. The van der Waals surface area contributed by atoms with E-state index in [0.717, 1.165) is 10.5 Å². The smallest absolute Gasteiger partial charge is 0.337 e. The highest BCUT2D eigenvalue weighted by Gasteiger charge is 2.73. The minimum Gasteiger partial charge on any atom is -0.478 e. The maximum atomic E-state index is 12.5. The fraction of sp³-hybridized carbons (Fsp3) is 0.438. The van der Waals surface area contributed by atoms with E-state index in [-0.39, 0.29) is 40.3 Å². The van der Waals surface area contributed by atoms with Gasteiger partial charge in [-0.05, 0) is 36.5 Å². The van der Waals surface area contributed by atoms with Gasteiger partial charge >= 0.3 is 5.97 Å². The summed E-state index contributed by atoms with van der Waals surface area (Å²) in [6, 6.07) is 3.29. The Bertz CT molecular complexity index is 680. The molecule has 3 rings (SSSR count). The Morgan fingerprint density at radius 2 is 1.67 bits per heavy atom. The van der Waals surface area contributed by atoms with E-state index in [2.05, 4.69) is 0 Å². The molecule has 2 atom stereocenters. The van der Waals surface area contributed by atoms with Crippen molar-refractivity contribution >= 4 is 23.5 Å². The number of carboxylic acid groups (broad SMARTS) is 1. The quantitative estimate of drug-likeness (QED) is 0.846. The average Bonchev–Trinajstić information content (AvgIpc) is 2.81. The number of hydrogen-bond acceptors (Lipinski definition) is 3. The van der Waals surface area contributed by atoms with E-state index in [1.165, 1.54) is 6.07 Å². The van der Waals surface area contributed by atoms with Gasteiger partial charge in [0.25, 0.3) is 0 Å². The lowest BCUT2D eigenvalue weighted by molar-refractivity contribution is -0.125. The molecule has 1 heterocycles. The number of carboxylic acids is 1. The highest BCUT2D eigenvalue weighted by molar-refractivity contribution is 6.27. The topological polar surface area (TPSA) is 74.7 Å². The van der Waals surface area contributed by atoms with Gasteiger partial charge in [-0.3, -0.25) is 9.59 Å². The van der Waals surface area contributed by atoms with Gasteiger partial charge in [0.15, 0.2) is 0 Å². The van der Waals surface area contributed by atoms with Crippen LogP contribution in [0, 0.1) is 31.1 Å². The van der Waals surface area contributed by atoms with Gasteiger partial charge in [-0.15, -0.1) is 0 Å². The van der Waals surface area contributed by atoms with Gasteiger partial charge in [0, 0.05) is 0 Å². The fourth-order valence-electron chi connectivity index (χ4n) is 3.59. The van der Waals surface area contributed by atoms with E-state index >= 15 is 0 Å². The molecule has 1 aromatic rings. The number of aromatic carboxylic acids is 1. The molecule has 0 radical (unpaired) electrons. The van der Waals surface area contributed by atoms with Crippen LogP contribution < -0.4 is 4.90 Å². The number of anilines is 1. The van der Waals surface area contributed by atoms with E-state index in [4.69, 9.17) is 0 Å².